The minimum absolute atomic E-state index is 0.238. The number of aryl methyl sites for hydroxylation is 1. The van der Waals surface area contributed by atoms with Gasteiger partial charge in [-0.15, -0.1) is 0 Å². The molecule has 1 aromatic carbocycles. The second-order valence-corrected chi connectivity index (χ2v) is 11.0. The third kappa shape index (κ3) is 18.4. The van der Waals surface area contributed by atoms with Gasteiger partial charge in [0.15, 0.2) is 11.5 Å². The summed E-state index contributed by atoms with van der Waals surface area (Å²) >= 11 is 0. The van der Waals surface area contributed by atoms with E-state index in [-0.39, 0.29) is 11.9 Å². The Labute approximate surface area is 234 Å². The first-order chi connectivity index (χ1) is 18.6. The summed E-state index contributed by atoms with van der Waals surface area (Å²) in [5.41, 5.74) is 1.13. The molecule has 0 spiro atoms. The minimum Gasteiger partial charge on any atom is -0.423 e. The summed E-state index contributed by atoms with van der Waals surface area (Å²) in [6, 6.07) is 5.74. The predicted molar refractivity (Wildman–Crippen MR) is 160 cm³/mol. The number of rotatable bonds is 25. The van der Waals surface area contributed by atoms with E-state index in [1.165, 1.54) is 83.5 Å². The molecule has 0 aromatic heterocycles. The maximum atomic E-state index is 12.6. The molecule has 0 aliphatic heterocycles. The van der Waals surface area contributed by atoms with Crippen LogP contribution >= 0.6 is 0 Å². The zero-order valence-corrected chi connectivity index (χ0v) is 25.1. The van der Waals surface area contributed by atoms with Crippen LogP contribution in [0.5, 0.6) is 11.5 Å². The number of ether oxygens (including phenoxy) is 2. The number of esters is 2. The van der Waals surface area contributed by atoms with E-state index in [0.717, 1.165) is 56.9 Å². The van der Waals surface area contributed by atoms with Gasteiger partial charge in [-0.05, 0) is 43.4 Å². The van der Waals surface area contributed by atoms with E-state index in [9.17, 15) is 9.59 Å². The Morgan fingerprint density at radius 3 is 1.37 bits per heavy atom. The van der Waals surface area contributed by atoms with E-state index in [2.05, 4.69) is 20.8 Å². The number of carbonyl (C=O) groups excluding carboxylic acids is 2. The molecule has 0 radical (unpaired) electrons. The van der Waals surface area contributed by atoms with Crippen LogP contribution in [0, 0.1) is 0 Å². The molecule has 4 nitrogen and oxygen atoms in total. The first-order valence-corrected chi connectivity index (χ1v) is 16.1. The zero-order chi connectivity index (χ0) is 27.7. The van der Waals surface area contributed by atoms with Gasteiger partial charge >= 0.3 is 11.9 Å². The van der Waals surface area contributed by atoms with Gasteiger partial charge in [0.1, 0.15) is 0 Å². The summed E-state index contributed by atoms with van der Waals surface area (Å²) in [5, 5.41) is 0. The van der Waals surface area contributed by atoms with Crippen molar-refractivity contribution >= 4 is 11.9 Å². The standard InChI is InChI=1S/C34H58O4/c1-4-7-10-13-16-17-18-21-24-30-27-28-31(37-33(35)25-22-19-14-11-8-5-2)32(29-30)38-34(36)26-23-20-15-12-9-6-3/h27-29H,4-26H2,1-3H3. The van der Waals surface area contributed by atoms with Crippen molar-refractivity contribution in [3.05, 3.63) is 23.8 Å². The van der Waals surface area contributed by atoms with E-state index in [1.54, 1.807) is 0 Å². The number of hydrogen-bond donors (Lipinski definition) is 0. The second kappa shape index (κ2) is 24.2. The fourth-order valence-electron chi connectivity index (χ4n) is 4.78. The molecule has 0 saturated carbocycles. The lowest BCUT2D eigenvalue weighted by atomic mass is 10.0. The monoisotopic (exact) mass is 530 g/mol. The highest BCUT2D eigenvalue weighted by atomic mass is 16.6. The summed E-state index contributed by atoms with van der Waals surface area (Å²) in [6.07, 6.45) is 25.5. The van der Waals surface area contributed by atoms with Gasteiger partial charge in [-0.3, -0.25) is 9.59 Å². The van der Waals surface area contributed by atoms with Crippen molar-refractivity contribution < 1.29 is 19.1 Å². The molecule has 1 aromatic rings. The van der Waals surface area contributed by atoms with Crippen LogP contribution in [0.2, 0.25) is 0 Å². The normalized spacial score (nSPS) is 11.0. The van der Waals surface area contributed by atoms with Crippen molar-refractivity contribution in [2.45, 2.75) is 168 Å². The molecule has 0 fully saturated rings. The molecule has 218 valence electrons. The van der Waals surface area contributed by atoms with E-state index in [4.69, 9.17) is 9.47 Å². The van der Waals surface area contributed by atoms with E-state index < -0.39 is 0 Å². The van der Waals surface area contributed by atoms with Gasteiger partial charge in [0.2, 0.25) is 0 Å². The molecule has 38 heavy (non-hydrogen) atoms. The van der Waals surface area contributed by atoms with Gasteiger partial charge in [0.25, 0.3) is 0 Å². The number of carbonyl (C=O) groups is 2. The van der Waals surface area contributed by atoms with Crippen LogP contribution in [0.4, 0.5) is 0 Å². The third-order valence-electron chi connectivity index (χ3n) is 7.24. The Balaban J connectivity index is 2.60. The number of hydrogen-bond acceptors (Lipinski definition) is 4. The number of benzene rings is 1. The predicted octanol–water partition coefficient (Wildman–Crippen LogP) is 10.7. The van der Waals surface area contributed by atoms with Gasteiger partial charge in [-0.1, -0.05) is 136 Å². The largest absolute Gasteiger partial charge is 0.423 e. The first kappa shape index (κ1) is 34.2. The topological polar surface area (TPSA) is 52.6 Å². The molecule has 0 aliphatic carbocycles. The van der Waals surface area contributed by atoms with E-state index >= 15 is 0 Å². The van der Waals surface area contributed by atoms with Crippen LogP contribution in [-0.4, -0.2) is 11.9 Å². The first-order valence-electron chi connectivity index (χ1n) is 16.1. The van der Waals surface area contributed by atoms with Gasteiger partial charge in [-0.2, -0.15) is 0 Å². The summed E-state index contributed by atoms with van der Waals surface area (Å²) in [5.74, 6) is 0.286. The molecule has 0 heterocycles. The highest BCUT2D eigenvalue weighted by Gasteiger charge is 2.15. The van der Waals surface area contributed by atoms with Crippen molar-refractivity contribution in [1.82, 2.24) is 0 Å². The lowest BCUT2D eigenvalue weighted by Gasteiger charge is -2.13. The molecule has 0 bridgehead atoms. The Morgan fingerprint density at radius 2 is 0.895 bits per heavy atom. The lowest BCUT2D eigenvalue weighted by Crippen LogP contribution is -2.12. The van der Waals surface area contributed by atoms with Crippen LogP contribution in [0.25, 0.3) is 0 Å². The van der Waals surface area contributed by atoms with Crippen molar-refractivity contribution in [2.75, 3.05) is 0 Å². The molecule has 1 rings (SSSR count). The molecule has 4 heteroatoms. The van der Waals surface area contributed by atoms with Crippen molar-refractivity contribution in [2.24, 2.45) is 0 Å². The van der Waals surface area contributed by atoms with Crippen molar-refractivity contribution in [1.29, 1.82) is 0 Å². The molecular formula is C34H58O4. The SMILES string of the molecule is CCCCCCCCCCc1ccc(OC(=O)CCCCCCCC)c(OC(=O)CCCCCCCC)c1. The van der Waals surface area contributed by atoms with Crippen molar-refractivity contribution in [3.8, 4) is 11.5 Å². The molecule has 0 amide bonds. The lowest BCUT2D eigenvalue weighted by molar-refractivity contribution is -0.137. The van der Waals surface area contributed by atoms with Crippen LogP contribution in [0.15, 0.2) is 18.2 Å². The fraction of sp³-hybridized carbons (Fsp3) is 0.765. The Bertz CT molecular complexity index is 727. The van der Waals surface area contributed by atoms with Gasteiger partial charge in [0.05, 0.1) is 0 Å². The van der Waals surface area contributed by atoms with Crippen LogP contribution in [0.3, 0.4) is 0 Å². The maximum absolute atomic E-state index is 12.6. The highest BCUT2D eigenvalue weighted by molar-refractivity contribution is 5.76. The van der Waals surface area contributed by atoms with Crippen molar-refractivity contribution in [3.63, 3.8) is 0 Å². The van der Waals surface area contributed by atoms with Crippen LogP contribution in [0.1, 0.15) is 168 Å². The highest BCUT2D eigenvalue weighted by Crippen LogP contribution is 2.30. The molecule has 0 unspecified atom stereocenters. The molecular weight excluding hydrogens is 472 g/mol. The molecule has 0 saturated heterocycles. The minimum atomic E-state index is -0.246. The summed E-state index contributed by atoms with van der Waals surface area (Å²) < 4.78 is 11.4. The van der Waals surface area contributed by atoms with Gasteiger partial charge in [0, 0.05) is 12.8 Å². The number of unbranched alkanes of at least 4 members (excludes halogenated alkanes) is 17. The zero-order valence-electron chi connectivity index (χ0n) is 25.1. The van der Waals surface area contributed by atoms with Crippen LogP contribution < -0.4 is 9.47 Å². The molecule has 0 aliphatic rings. The van der Waals surface area contributed by atoms with Crippen LogP contribution in [-0.2, 0) is 16.0 Å². The maximum Gasteiger partial charge on any atom is 0.311 e. The van der Waals surface area contributed by atoms with Gasteiger partial charge < -0.3 is 9.47 Å². The molecule has 0 atom stereocenters. The third-order valence-corrected chi connectivity index (χ3v) is 7.24. The Morgan fingerprint density at radius 1 is 0.500 bits per heavy atom. The second-order valence-electron chi connectivity index (χ2n) is 11.0. The van der Waals surface area contributed by atoms with Gasteiger partial charge in [-0.25, -0.2) is 0 Å². The average Bonchev–Trinajstić information content (AvgIpc) is 2.91. The fourth-order valence-corrected chi connectivity index (χ4v) is 4.78. The molecule has 0 N–H and O–H groups in total. The smallest absolute Gasteiger partial charge is 0.311 e. The quantitative estimate of drug-likeness (QED) is 0.0716. The Kier molecular flexibility index (Phi) is 21.8. The Hall–Kier alpha value is -1.84. The average molecular weight is 531 g/mol. The van der Waals surface area contributed by atoms with E-state index in [0.29, 0.717) is 24.3 Å². The summed E-state index contributed by atoms with van der Waals surface area (Å²) in [6.45, 7) is 6.66. The summed E-state index contributed by atoms with van der Waals surface area (Å²) in [4.78, 5) is 25.1. The van der Waals surface area contributed by atoms with E-state index in [1.807, 2.05) is 18.2 Å². The summed E-state index contributed by atoms with van der Waals surface area (Å²) in [7, 11) is 0.